The normalized spacial score (nSPS) is 21.7. The molecule has 3 rings (SSSR count). The highest BCUT2D eigenvalue weighted by Crippen LogP contribution is 2.21. The Morgan fingerprint density at radius 3 is 2.48 bits per heavy atom. The molecule has 0 spiro atoms. The summed E-state index contributed by atoms with van der Waals surface area (Å²) in [5.74, 6) is 0.963. The molecule has 2 aliphatic rings. The Kier molecular flexibility index (Phi) is 4.95. The van der Waals surface area contributed by atoms with Gasteiger partial charge in [0.2, 0.25) is 0 Å². The number of ether oxygens (including phenoxy) is 1. The third kappa shape index (κ3) is 3.86. The van der Waals surface area contributed by atoms with Crippen LogP contribution in [0.2, 0.25) is 5.15 Å². The van der Waals surface area contributed by atoms with Crippen molar-refractivity contribution in [1.82, 2.24) is 14.8 Å². The summed E-state index contributed by atoms with van der Waals surface area (Å²) in [6.45, 7) is 8.64. The van der Waals surface area contributed by atoms with E-state index in [1.54, 1.807) is 0 Å². The summed E-state index contributed by atoms with van der Waals surface area (Å²) in [4.78, 5) is 11.6. The van der Waals surface area contributed by atoms with Crippen LogP contribution in [0.3, 0.4) is 0 Å². The largest absolute Gasteiger partial charge is 0.378 e. The molecule has 6 heteroatoms. The summed E-state index contributed by atoms with van der Waals surface area (Å²) in [6.07, 6.45) is 0. The molecule has 0 amide bonds. The van der Waals surface area contributed by atoms with E-state index in [2.05, 4.69) is 38.9 Å². The zero-order valence-electron chi connectivity index (χ0n) is 12.6. The van der Waals surface area contributed by atoms with Crippen LogP contribution in [0.5, 0.6) is 0 Å². The molecule has 0 bridgehead atoms. The van der Waals surface area contributed by atoms with Gasteiger partial charge < -0.3 is 14.5 Å². The number of morpholine rings is 1. The van der Waals surface area contributed by atoms with Crippen molar-refractivity contribution in [2.24, 2.45) is 0 Å². The van der Waals surface area contributed by atoms with Crippen molar-refractivity contribution in [1.29, 1.82) is 0 Å². The number of nitrogens with zero attached hydrogens (tertiary/aromatic N) is 4. The second kappa shape index (κ2) is 6.92. The number of hydrogen-bond donors (Lipinski definition) is 0. The zero-order valence-corrected chi connectivity index (χ0v) is 13.3. The number of pyridine rings is 1. The van der Waals surface area contributed by atoms with Crippen molar-refractivity contribution >= 4 is 17.4 Å². The lowest BCUT2D eigenvalue weighted by Gasteiger charge is -2.32. The molecular weight excluding hydrogens is 288 g/mol. The summed E-state index contributed by atoms with van der Waals surface area (Å²) in [6, 6.07) is 4.21. The first-order chi connectivity index (χ1) is 10.2. The first-order valence-corrected chi connectivity index (χ1v) is 7.99. The molecule has 0 unspecified atom stereocenters. The number of rotatable bonds is 3. The second-order valence-corrected chi connectivity index (χ2v) is 6.16. The maximum absolute atomic E-state index is 6.39. The summed E-state index contributed by atoms with van der Waals surface area (Å²) in [5.41, 5.74) is 1.12. The predicted molar refractivity (Wildman–Crippen MR) is 85.1 cm³/mol. The van der Waals surface area contributed by atoms with Gasteiger partial charge in [0.05, 0.1) is 13.2 Å². The van der Waals surface area contributed by atoms with Crippen LogP contribution < -0.4 is 4.90 Å². The highest BCUT2D eigenvalue weighted by atomic mass is 35.5. The Labute approximate surface area is 131 Å². The van der Waals surface area contributed by atoms with Gasteiger partial charge in [0.15, 0.2) is 0 Å². The number of aromatic nitrogens is 1. The number of likely N-dealkylation sites (N-methyl/N-ethyl adjacent to an activating group) is 1. The third-order valence-electron chi connectivity index (χ3n) is 4.24. The van der Waals surface area contributed by atoms with Crippen LogP contribution in [-0.2, 0) is 11.3 Å². The van der Waals surface area contributed by atoms with Gasteiger partial charge in [-0.25, -0.2) is 4.98 Å². The van der Waals surface area contributed by atoms with E-state index in [0.29, 0.717) is 5.15 Å². The maximum atomic E-state index is 6.39. The molecule has 2 fully saturated rings. The van der Waals surface area contributed by atoms with Crippen molar-refractivity contribution in [3.63, 3.8) is 0 Å². The van der Waals surface area contributed by atoms with Crippen LogP contribution in [0.15, 0.2) is 12.1 Å². The van der Waals surface area contributed by atoms with Crippen LogP contribution in [0.25, 0.3) is 0 Å². The Balaban J connectivity index is 1.63. The molecule has 116 valence electrons. The first-order valence-electron chi connectivity index (χ1n) is 7.61. The van der Waals surface area contributed by atoms with Gasteiger partial charge in [0.25, 0.3) is 0 Å². The molecule has 0 saturated carbocycles. The molecule has 2 aliphatic heterocycles. The molecule has 0 atom stereocenters. The highest BCUT2D eigenvalue weighted by Gasteiger charge is 2.17. The van der Waals surface area contributed by atoms with Gasteiger partial charge in [0.1, 0.15) is 11.0 Å². The van der Waals surface area contributed by atoms with E-state index < -0.39 is 0 Å². The minimum atomic E-state index is 0.637. The van der Waals surface area contributed by atoms with E-state index in [-0.39, 0.29) is 0 Å². The Morgan fingerprint density at radius 1 is 1.10 bits per heavy atom. The average molecular weight is 311 g/mol. The molecule has 0 aromatic carbocycles. The minimum absolute atomic E-state index is 0.637. The van der Waals surface area contributed by atoms with Gasteiger partial charge in [-0.15, -0.1) is 0 Å². The van der Waals surface area contributed by atoms with E-state index in [4.69, 9.17) is 16.3 Å². The molecule has 1 aromatic heterocycles. The fourth-order valence-corrected chi connectivity index (χ4v) is 3.00. The van der Waals surface area contributed by atoms with E-state index in [1.165, 1.54) is 0 Å². The molecule has 0 aliphatic carbocycles. The van der Waals surface area contributed by atoms with Crippen molar-refractivity contribution < 1.29 is 4.74 Å². The van der Waals surface area contributed by atoms with Crippen LogP contribution in [0.1, 0.15) is 5.56 Å². The van der Waals surface area contributed by atoms with Crippen LogP contribution in [0, 0.1) is 0 Å². The summed E-state index contributed by atoms with van der Waals surface area (Å²) in [5, 5.41) is 0.637. The topological polar surface area (TPSA) is 31.8 Å². The Morgan fingerprint density at radius 2 is 1.81 bits per heavy atom. The number of hydrogen-bond acceptors (Lipinski definition) is 5. The molecule has 1 aromatic rings. The SMILES string of the molecule is CN1CCN(Cc2ccc(N3CCOCC3)nc2Cl)CC1. The van der Waals surface area contributed by atoms with Gasteiger partial charge >= 0.3 is 0 Å². The molecule has 5 nitrogen and oxygen atoms in total. The molecule has 2 saturated heterocycles. The molecular formula is C15H23ClN4O. The lowest BCUT2D eigenvalue weighted by Crippen LogP contribution is -2.43. The fourth-order valence-electron chi connectivity index (χ4n) is 2.79. The average Bonchev–Trinajstić information content (AvgIpc) is 2.52. The minimum Gasteiger partial charge on any atom is -0.378 e. The van der Waals surface area contributed by atoms with Crippen LogP contribution >= 0.6 is 11.6 Å². The van der Waals surface area contributed by atoms with E-state index in [0.717, 1.165) is 70.4 Å². The predicted octanol–water partition coefficient (Wildman–Crippen LogP) is 1.32. The van der Waals surface area contributed by atoms with E-state index >= 15 is 0 Å². The number of halogens is 1. The van der Waals surface area contributed by atoms with Crippen molar-refractivity contribution in [3.05, 3.63) is 22.8 Å². The van der Waals surface area contributed by atoms with Crippen LogP contribution in [0.4, 0.5) is 5.82 Å². The third-order valence-corrected chi connectivity index (χ3v) is 4.56. The summed E-state index contributed by atoms with van der Waals surface area (Å²) < 4.78 is 5.37. The number of piperazine rings is 1. The lowest BCUT2D eigenvalue weighted by atomic mass is 10.2. The fraction of sp³-hybridized carbons (Fsp3) is 0.667. The maximum Gasteiger partial charge on any atom is 0.135 e. The van der Waals surface area contributed by atoms with E-state index in [1.807, 2.05) is 0 Å². The quantitative estimate of drug-likeness (QED) is 0.786. The van der Waals surface area contributed by atoms with Crippen molar-refractivity contribution in [2.45, 2.75) is 6.54 Å². The van der Waals surface area contributed by atoms with Crippen molar-refractivity contribution in [3.8, 4) is 0 Å². The van der Waals surface area contributed by atoms with Gasteiger partial charge in [-0.05, 0) is 13.1 Å². The second-order valence-electron chi connectivity index (χ2n) is 5.80. The molecule has 0 radical (unpaired) electrons. The van der Waals surface area contributed by atoms with Crippen molar-refractivity contribution in [2.75, 3.05) is 64.4 Å². The van der Waals surface area contributed by atoms with E-state index in [9.17, 15) is 0 Å². The summed E-state index contributed by atoms with van der Waals surface area (Å²) >= 11 is 6.39. The lowest BCUT2D eigenvalue weighted by molar-refractivity contribution is 0.122. The van der Waals surface area contributed by atoms with Crippen LogP contribution in [-0.4, -0.2) is 74.3 Å². The molecule has 0 N–H and O–H groups in total. The molecule has 3 heterocycles. The summed E-state index contributed by atoms with van der Waals surface area (Å²) in [7, 11) is 2.17. The monoisotopic (exact) mass is 310 g/mol. The first kappa shape index (κ1) is 15.0. The Hall–Kier alpha value is -0.880. The standard InChI is InChI=1S/C15H23ClN4O/c1-18-4-6-19(7-5-18)12-13-2-3-14(17-15(13)16)20-8-10-21-11-9-20/h2-3H,4-12H2,1H3. The number of anilines is 1. The van der Waals surface area contributed by atoms with Gasteiger partial charge in [-0.1, -0.05) is 17.7 Å². The zero-order chi connectivity index (χ0) is 14.7. The smallest absolute Gasteiger partial charge is 0.135 e. The van der Waals surface area contributed by atoms with Gasteiger partial charge in [-0.2, -0.15) is 0 Å². The highest BCUT2D eigenvalue weighted by molar-refractivity contribution is 6.30. The van der Waals surface area contributed by atoms with Gasteiger partial charge in [0, 0.05) is 51.4 Å². The van der Waals surface area contributed by atoms with Gasteiger partial charge in [-0.3, -0.25) is 4.90 Å². The Bertz CT molecular complexity index is 471. The molecule has 21 heavy (non-hydrogen) atoms.